The van der Waals surface area contributed by atoms with E-state index in [2.05, 4.69) is 10.3 Å². The molecule has 24 heavy (non-hydrogen) atoms. The van der Waals surface area contributed by atoms with Crippen LogP contribution in [-0.4, -0.2) is 24.5 Å². The molecule has 1 N–H and O–H groups in total. The van der Waals surface area contributed by atoms with Crippen LogP contribution in [0.5, 0.6) is 5.75 Å². The third-order valence-electron chi connectivity index (χ3n) is 3.95. The van der Waals surface area contributed by atoms with Crippen LogP contribution in [0, 0.1) is 0 Å². The van der Waals surface area contributed by atoms with Gasteiger partial charge in [-0.05, 0) is 42.2 Å². The van der Waals surface area contributed by atoms with Gasteiger partial charge < -0.3 is 14.5 Å². The van der Waals surface area contributed by atoms with Gasteiger partial charge in [-0.1, -0.05) is 24.3 Å². The predicted molar refractivity (Wildman–Crippen MR) is 92.0 cm³/mol. The second-order valence-corrected chi connectivity index (χ2v) is 5.57. The van der Waals surface area contributed by atoms with Crippen molar-refractivity contribution in [2.45, 2.75) is 19.3 Å². The number of rotatable bonds is 7. The minimum absolute atomic E-state index is 0.0432. The summed E-state index contributed by atoms with van der Waals surface area (Å²) in [5.41, 5.74) is 3.78. The maximum Gasteiger partial charge on any atom is 0.220 e. The molecule has 5 nitrogen and oxygen atoms in total. The predicted octanol–water partition coefficient (Wildman–Crippen LogP) is 3.13. The summed E-state index contributed by atoms with van der Waals surface area (Å²) in [5.74, 6) is 0.868. The van der Waals surface area contributed by atoms with Crippen molar-refractivity contribution in [1.29, 1.82) is 0 Å². The van der Waals surface area contributed by atoms with Crippen LogP contribution < -0.4 is 10.1 Å². The molecule has 0 aliphatic carbocycles. The highest BCUT2D eigenvalue weighted by Gasteiger charge is 2.06. The average Bonchev–Trinajstić information content (AvgIpc) is 3.08. The summed E-state index contributed by atoms with van der Waals surface area (Å²) in [5, 5.41) is 2.95. The van der Waals surface area contributed by atoms with Gasteiger partial charge in [0, 0.05) is 13.0 Å². The molecule has 1 heterocycles. The van der Waals surface area contributed by atoms with Gasteiger partial charge in [-0.2, -0.15) is 0 Å². The summed E-state index contributed by atoms with van der Waals surface area (Å²) < 4.78 is 10.6. The van der Waals surface area contributed by atoms with E-state index in [1.165, 1.54) is 6.39 Å². The highest BCUT2D eigenvalue weighted by Crippen LogP contribution is 2.18. The first-order valence-electron chi connectivity index (χ1n) is 7.97. The minimum Gasteiger partial charge on any atom is -0.496 e. The van der Waals surface area contributed by atoms with Gasteiger partial charge in [-0.25, -0.2) is 4.98 Å². The molecular weight excluding hydrogens is 304 g/mol. The topological polar surface area (TPSA) is 64.4 Å². The average molecular weight is 324 g/mol. The Morgan fingerprint density at radius 1 is 1.21 bits per heavy atom. The summed E-state index contributed by atoms with van der Waals surface area (Å²) >= 11 is 0. The SMILES string of the molecule is COc1ccccc1CCC(=O)NCCc1ccc2ncoc2c1. The number of para-hydroxylation sites is 1. The Hall–Kier alpha value is -2.82. The fraction of sp³-hybridized carbons (Fsp3) is 0.263. The Morgan fingerprint density at radius 3 is 2.96 bits per heavy atom. The van der Waals surface area contributed by atoms with E-state index in [1.54, 1.807) is 7.11 Å². The van der Waals surface area contributed by atoms with Crippen LogP contribution in [0.15, 0.2) is 53.3 Å². The highest BCUT2D eigenvalue weighted by molar-refractivity contribution is 5.76. The molecular formula is C19H20N2O3. The number of methoxy groups -OCH3 is 1. The van der Waals surface area contributed by atoms with Gasteiger partial charge in [0.05, 0.1) is 7.11 Å². The van der Waals surface area contributed by atoms with E-state index < -0.39 is 0 Å². The second kappa shape index (κ2) is 7.64. The number of carbonyl (C=O) groups excluding carboxylic acids is 1. The number of hydrogen-bond donors (Lipinski definition) is 1. The molecule has 0 aliphatic heterocycles. The second-order valence-electron chi connectivity index (χ2n) is 5.57. The largest absolute Gasteiger partial charge is 0.496 e. The van der Waals surface area contributed by atoms with Crippen LogP contribution in [0.25, 0.3) is 11.1 Å². The molecule has 0 bridgehead atoms. The molecule has 5 heteroatoms. The van der Waals surface area contributed by atoms with Crippen molar-refractivity contribution in [3.8, 4) is 5.75 Å². The molecule has 0 aliphatic rings. The lowest BCUT2D eigenvalue weighted by Gasteiger charge is -2.08. The van der Waals surface area contributed by atoms with Crippen LogP contribution >= 0.6 is 0 Å². The molecule has 1 aromatic heterocycles. The Morgan fingerprint density at radius 2 is 2.08 bits per heavy atom. The van der Waals surface area contributed by atoms with Crippen molar-refractivity contribution >= 4 is 17.0 Å². The number of aryl methyl sites for hydroxylation is 1. The number of nitrogens with zero attached hydrogens (tertiary/aromatic N) is 1. The number of hydrogen-bond acceptors (Lipinski definition) is 4. The molecule has 1 amide bonds. The Balaban J connectivity index is 1.45. The summed E-state index contributed by atoms with van der Waals surface area (Å²) in [6.07, 6.45) is 3.31. The number of ether oxygens (including phenoxy) is 1. The Bertz CT molecular complexity index is 826. The van der Waals surface area contributed by atoms with Crippen LogP contribution in [0.1, 0.15) is 17.5 Å². The molecule has 0 atom stereocenters. The number of amides is 1. The van der Waals surface area contributed by atoms with E-state index >= 15 is 0 Å². The van der Waals surface area contributed by atoms with Gasteiger partial charge in [0.2, 0.25) is 5.91 Å². The molecule has 0 spiro atoms. The van der Waals surface area contributed by atoms with E-state index in [1.807, 2.05) is 42.5 Å². The molecule has 0 unspecified atom stereocenters. The van der Waals surface area contributed by atoms with Gasteiger partial charge in [-0.15, -0.1) is 0 Å². The molecule has 0 fully saturated rings. The van der Waals surface area contributed by atoms with Crippen molar-refractivity contribution in [2.24, 2.45) is 0 Å². The van der Waals surface area contributed by atoms with E-state index in [-0.39, 0.29) is 5.91 Å². The van der Waals surface area contributed by atoms with Crippen molar-refractivity contribution in [3.05, 3.63) is 60.0 Å². The fourth-order valence-electron chi connectivity index (χ4n) is 2.65. The number of nitrogens with one attached hydrogen (secondary N) is 1. The molecule has 0 saturated carbocycles. The van der Waals surface area contributed by atoms with Crippen molar-refractivity contribution in [3.63, 3.8) is 0 Å². The number of aromatic nitrogens is 1. The summed E-state index contributed by atoms with van der Waals surface area (Å²) in [6.45, 7) is 0.602. The third-order valence-corrected chi connectivity index (χ3v) is 3.95. The molecule has 3 aromatic rings. The van der Waals surface area contributed by atoms with Gasteiger partial charge in [0.25, 0.3) is 0 Å². The summed E-state index contributed by atoms with van der Waals surface area (Å²) in [4.78, 5) is 16.1. The molecule has 0 saturated heterocycles. The quantitative estimate of drug-likeness (QED) is 0.725. The van der Waals surface area contributed by atoms with Gasteiger partial charge in [-0.3, -0.25) is 4.79 Å². The highest BCUT2D eigenvalue weighted by atomic mass is 16.5. The zero-order chi connectivity index (χ0) is 16.8. The van der Waals surface area contributed by atoms with Gasteiger partial charge in [0.1, 0.15) is 11.3 Å². The Kier molecular flexibility index (Phi) is 5.11. The maximum atomic E-state index is 12.0. The maximum absolute atomic E-state index is 12.0. The summed E-state index contributed by atoms with van der Waals surface area (Å²) in [7, 11) is 1.64. The number of benzene rings is 2. The summed E-state index contributed by atoms with van der Waals surface area (Å²) in [6, 6.07) is 13.7. The van der Waals surface area contributed by atoms with Crippen LogP contribution in [-0.2, 0) is 17.6 Å². The fourth-order valence-corrected chi connectivity index (χ4v) is 2.65. The number of oxazole rings is 1. The lowest BCUT2D eigenvalue weighted by molar-refractivity contribution is -0.121. The van der Waals surface area contributed by atoms with E-state index in [9.17, 15) is 4.79 Å². The molecule has 2 aromatic carbocycles. The third kappa shape index (κ3) is 3.93. The first-order valence-corrected chi connectivity index (χ1v) is 7.97. The normalized spacial score (nSPS) is 10.7. The van der Waals surface area contributed by atoms with Gasteiger partial charge in [0.15, 0.2) is 12.0 Å². The first kappa shape index (κ1) is 16.1. The number of fused-ring (bicyclic) bond motifs is 1. The van der Waals surface area contributed by atoms with Crippen LogP contribution in [0.4, 0.5) is 0 Å². The lowest BCUT2D eigenvalue weighted by Crippen LogP contribution is -2.25. The molecule has 0 radical (unpaired) electrons. The van der Waals surface area contributed by atoms with Crippen LogP contribution in [0.2, 0.25) is 0 Å². The van der Waals surface area contributed by atoms with Crippen molar-refractivity contribution in [2.75, 3.05) is 13.7 Å². The minimum atomic E-state index is 0.0432. The van der Waals surface area contributed by atoms with E-state index in [4.69, 9.17) is 9.15 Å². The van der Waals surface area contributed by atoms with Gasteiger partial charge >= 0.3 is 0 Å². The standard InChI is InChI=1S/C19H20N2O3/c1-23-17-5-3-2-4-15(17)7-9-19(22)20-11-10-14-6-8-16-18(12-14)24-13-21-16/h2-6,8,12-13H,7,9-11H2,1H3,(H,20,22). The lowest BCUT2D eigenvalue weighted by atomic mass is 10.1. The molecule has 3 rings (SSSR count). The monoisotopic (exact) mass is 324 g/mol. The van der Waals surface area contributed by atoms with Crippen molar-refractivity contribution in [1.82, 2.24) is 10.3 Å². The van der Waals surface area contributed by atoms with Crippen LogP contribution in [0.3, 0.4) is 0 Å². The smallest absolute Gasteiger partial charge is 0.220 e. The zero-order valence-corrected chi connectivity index (χ0v) is 13.6. The van der Waals surface area contributed by atoms with E-state index in [0.717, 1.165) is 34.4 Å². The zero-order valence-electron chi connectivity index (χ0n) is 13.6. The number of carbonyl (C=O) groups is 1. The van der Waals surface area contributed by atoms with Crippen molar-refractivity contribution < 1.29 is 13.9 Å². The first-order chi connectivity index (χ1) is 11.8. The Labute approximate surface area is 140 Å². The molecule has 124 valence electrons. The van der Waals surface area contributed by atoms with E-state index in [0.29, 0.717) is 19.4 Å².